The highest BCUT2D eigenvalue weighted by molar-refractivity contribution is 6.02. The van der Waals surface area contributed by atoms with E-state index in [1.165, 1.54) is 0 Å². The van der Waals surface area contributed by atoms with Crippen molar-refractivity contribution in [2.75, 3.05) is 31.7 Å². The van der Waals surface area contributed by atoms with E-state index in [-0.39, 0.29) is 6.10 Å². The number of rotatable bonds is 3. The molecule has 0 saturated carbocycles. The van der Waals surface area contributed by atoms with Gasteiger partial charge in [0.2, 0.25) is 0 Å². The van der Waals surface area contributed by atoms with Crippen molar-refractivity contribution in [3.05, 3.63) is 36.8 Å². The summed E-state index contributed by atoms with van der Waals surface area (Å²) in [6.07, 6.45) is 3.78. The van der Waals surface area contributed by atoms with Gasteiger partial charge < -0.3 is 19.4 Å². The molecule has 3 heterocycles. The van der Waals surface area contributed by atoms with Crippen molar-refractivity contribution in [1.29, 1.82) is 0 Å². The van der Waals surface area contributed by atoms with Crippen LogP contribution in [0.15, 0.2) is 36.8 Å². The first kappa shape index (κ1) is 15.0. The number of benzene rings is 1. The molecule has 24 heavy (non-hydrogen) atoms. The molecule has 6 nitrogen and oxygen atoms in total. The van der Waals surface area contributed by atoms with Crippen LogP contribution in [0.3, 0.4) is 0 Å². The molecule has 6 heteroatoms. The molecule has 3 aromatic rings. The summed E-state index contributed by atoms with van der Waals surface area (Å²) in [7, 11) is 1.69. The van der Waals surface area contributed by atoms with Crippen LogP contribution in [-0.4, -0.2) is 47.9 Å². The Kier molecular flexibility index (Phi) is 3.82. The molecule has 0 radical (unpaired) electrons. The zero-order valence-electron chi connectivity index (χ0n) is 13.8. The van der Waals surface area contributed by atoms with Gasteiger partial charge in [0, 0.05) is 30.4 Å². The normalized spacial score (nSPS) is 18.1. The fourth-order valence-corrected chi connectivity index (χ4v) is 3.28. The van der Waals surface area contributed by atoms with Crippen LogP contribution >= 0.6 is 0 Å². The Morgan fingerprint density at radius 2 is 2.12 bits per heavy atom. The molecule has 4 rings (SSSR count). The third-order valence-corrected chi connectivity index (χ3v) is 4.39. The molecule has 2 aromatic heterocycles. The SMILES string of the molecule is COc1ccccc1-c1c[nH]c2ncnc(N3CCOC(C)C3)c12. The second-order valence-corrected chi connectivity index (χ2v) is 5.95. The topological polar surface area (TPSA) is 63.3 Å². The average molecular weight is 324 g/mol. The van der Waals surface area contributed by atoms with Crippen molar-refractivity contribution in [3.8, 4) is 16.9 Å². The number of H-pyrrole nitrogens is 1. The zero-order valence-corrected chi connectivity index (χ0v) is 13.8. The quantitative estimate of drug-likeness (QED) is 0.802. The van der Waals surface area contributed by atoms with Gasteiger partial charge in [0.1, 0.15) is 23.5 Å². The van der Waals surface area contributed by atoms with E-state index in [0.717, 1.165) is 46.8 Å². The van der Waals surface area contributed by atoms with Gasteiger partial charge in [0.05, 0.1) is 25.2 Å². The van der Waals surface area contributed by atoms with Crippen molar-refractivity contribution in [2.24, 2.45) is 0 Å². The molecule has 0 spiro atoms. The largest absolute Gasteiger partial charge is 0.496 e. The fraction of sp³-hybridized carbons (Fsp3) is 0.333. The number of fused-ring (bicyclic) bond motifs is 1. The number of nitrogens with zero attached hydrogens (tertiary/aromatic N) is 3. The minimum Gasteiger partial charge on any atom is -0.496 e. The first-order valence-electron chi connectivity index (χ1n) is 8.10. The van der Waals surface area contributed by atoms with Gasteiger partial charge in [-0.25, -0.2) is 9.97 Å². The summed E-state index contributed by atoms with van der Waals surface area (Å²) in [4.78, 5) is 14.5. The van der Waals surface area contributed by atoms with Gasteiger partial charge in [-0.05, 0) is 13.0 Å². The van der Waals surface area contributed by atoms with E-state index in [9.17, 15) is 0 Å². The highest BCUT2D eigenvalue weighted by Crippen LogP contribution is 2.38. The first-order valence-corrected chi connectivity index (χ1v) is 8.10. The summed E-state index contributed by atoms with van der Waals surface area (Å²) in [6, 6.07) is 8.00. The summed E-state index contributed by atoms with van der Waals surface area (Å²) >= 11 is 0. The lowest BCUT2D eigenvalue weighted by Gasteiger charge is -2.32. The molecule has 0 aliphatic carbocycles. The summed E-state index contributed by atoms with van der Waals surface area (Å²) in [5.74, 6) is 1.78. The fourth-order valence-electron chi connectivity index (χ4n) is 3.28. The van der Waals surface area contributed by atoms with Crippen LogP contribution < -0.4 is 9.64 Å². The van der Waals surface area contributed by atoms with Crippen molar-refractivity contribution in [3.63, 3.8) is 0 Å². The second-order valence-electron chi connectivity index (χ2n) is 5.95. The lowest BCUT2D eigenvalue weighted by Crippen LogP contribution is -2.41. The van der Waals surface area contributed by atoms with Crippen LogP contribution in [0.4, 0.5) is 5.82 Å². The van der Waals surface area contributed by atoms with E-state index in [1.807, 2.05) is 24.4 Å². The van der Waals surface area contributed by atoms with Gasteiger partial charge >= 0.3 is 0 Å². The number of aromatic nitrogens is 3. The van der Waals surface area contributed by atoms with Crippen molar-refractivity contribution in [2.45, 2.75) is 13.0 Å². The number of para-hydroxylation sites is 1. The van der Waals surface area contributed by atoms with Gasteiger partial charge in [-0.15, -0.1) is 0 Å². The van der Waals surface area contributed by atoms with Gasteiger partial charge in [0.15, 0.2) is 0 Å². The number of hydrogen-bond donors (Lipinski definition) is 1. The smallest absolute Gasteiger partial charge is 0.143 e. The lowest BCUT2D eigenvalue weighted by atomic mass is 10.0. The van der Waals surface area contributed by atoms with Gasteiger partial charge in [-0.1, -0.05) is 18.2 Å². The molecule has 1 atom stereocenters. The number of methoxy groups -OCH3 is 1. The molecule has 0 amide bonds. The molecule has 124 valence electrons. The molecule has 1 unspecified atom stereocenters. The molecular formula is C18H20N4O2. The maximum absolute atomic E-state index is 5.66. The maximum Gasteiger partial charge on any atom is 0.143 e. The van der Waals surface area contributed by atoms with E-state index in [2.05, 4.69) is 32.8 Å². The minimum absolute atomic E-state index is 0.192. The minimum atomic E-state index is 0.192. The summed E-state index contributed by atoms with van der Waals surface area (Å²) in [5, 5.41) is 1.02. The number of hydrogen-bond acceptors (Lipinski definition) is 5. The zero-order chi connectivity index (χ0) is 16.5. The summed E-state index contributed by atoms with van der Waals surface area (Å²) in [6.45, 7) is 4.44. The van der Waals surface area contributed by atoms with E-state index in [0.29, 0.717) is 6.61 Å². The molecule has 0 bridgehead atoms. The Balaban J connectivity index is 1.89. The number of anilines is 1. The van der Waals surface area contributed by atoms with Crippen molar-refractivity contribution in [1.82, 2.24) is 15.0 Å². The van der Waals surface area contributed by atoms with E-state index < -0.39 is 0 Å². The van der Waals surface area contributed by atoms with Crippen molar-refractivity contribution < 1.29 is 9.47 Å². The van der Waals surface area contributed by atoms with Crippen LogP contribution in [0.5, 0.6) is 5.75 Å². The Labute approximate surface area is 140 Å². The van der Waals surface area contributed by atoms with Crippen LogP contribution in [0.1, 0.15) is 6.92 Å². The number of morpholine rings is 1. The third-order valence-electron chi connectivity index (χ3n) is 4.39. The van der Waals surface area contributed by atoms with Gasteiger partial charge in [-0.3, -0.25) is 0 Å². The molecule has 1 aromatic carbocycles. The molecule has 1 aliphatic heterocycles. The number of aromatic amines is 1. The third kappa shape index (κ3) is 2.49. The molecule has 1 fully saturated rings. The van der Waals surface area contributed by atoms with Crippen LogP contribution in [0.25, 0.3) is 22.2 Å². The molecule has 1 aliphatic rings. The van der Waals surface area contributed by atoms with E-state index in [1.54, 1.807) is 13.4 Å². The Bertz CT molecular complexity index is 861. The predicted molar refractivity (Wildman–Crippen MR) is 93.5 cm³/mol. The predicted octanol–water partition coefficient (Wildman–Crippen LogP) is 2.86. The Morgan fingerprint density at radius 1 is 1.25 bits per heavy atom. The van der Waals surface area contributed by atoms with Crippen molar-refractivity contribution >= 4 is 16.9 Å². The summed E-state index contributed by atoms with van der Waals surface area (Å²) < 4.78 is 11.2. The van der Waals surface area contributed by atoms with Crippen LogP contribution in [-0.2, 0) is 4.74 Å². The highest BCUT2D eigenvalue weighted by atomic mass is 16.5. The molecule has 1 N–H and O–H groups in total. The number of ether oxygens (including phenoxy) is 2. The van der Waals surface area contributed by atoms with E-state index >= 15 is 0 Å². The number of nitrogens with one attached hydrogen (secondary N) is 1. The van der Waals surface area contributed by atoms with Gasteiger partial charge in [-0.2, -0.15) is 0 Å². The van der Waals surface area contributed by atoms with Crippen LogP contribution in [0.2, 0.25) is 0 Å². The highest BCUT2D eigenvalue weighted by Gasteiger charge is 2.23. The molecule has 1 saturated heterocycles. The van der Waals surface area contributed by atoms with Gasteiger partial charge in [0.25, 0.3) is 0 Å². The standard InChI is InChI=1S/C18H20N4O2/c1-12-10-22(7-8-24-12)18-16-14(9-19-17(16)20-11-21-18)13-5-3-4-6-15(13)23-2/h3-6,9,11-12H,7-8,10H2,1-2H3,(H,19,20,21). The maximum atomic E-state index is 5.66. The second kappa shape index (κ2) is 6.13. The average Bonchev–Trinajstić information content (AvgIpc) is 3.05. The Morgan fingerprint density at radius 3 is 2.96 bits per heavy atom. The molecular weight excluding hydrogens is 304 g/mol. The lowest BCUT2D eigenvalue weighted by molar-refractivity contribution is 0.0530. The van der Waals surface area contributed by atoms with Crippen LogP contribution in [0, 0.1) is 0 Å². The first-order chi connectivity index (χ1) is 11.8. The monoisotopic (exact) mass is 324 g/mol. The summed E-state index contributed by atoms with van der Waals surface area (Å²) in [5.41, 5.74) is 2.92. The van der Waals surface area contributed by atoms with E-state index in [4.69, 9.17) is 9.47 Å². The Hall–Kier alpha value is -2.60.